The van der Waals surface area contributed by atoms with Crippen LogP contribution in [0.1, 0.15) is 27.7 Å². The number of hydrogen-bond donors (Lipinski definition) is 1. The second kappa shape index (κ2) is 3.73. The number of aliphatic hydroxyl groups is 1. The van der Waals surface area contributed by atoms with Crippen LogP contribution < -0.4 is 0 Å². The molecule has 1 N–H and O–H groups in total. The third kappa shape index (κ3) is 1.97. The minimum Gasteiger partial charge on any atom is -0.388 e. The molecule has 3 heteroatoms. The summed E-state index contributed by atoms with van der Waals surface area (Å²) in [6, 6.07) is 0. The summed E-state index contributed by atoms with van der Waals surface area (Å²) in [6.45, 7) is 7.81. The van der Waals surface area contributed by atoms with Crippen molar-refractivity contribution in [2.75, 3.05) is 0 Å². The lowest BCUT2D eigenvalue weighted by atomic mass is 10.1. The van der Waals surface area contributed by atoms with E-state index in [0.29, 0.717) is 0 Å². The van der Waals surface area contributed by atoms with Crippen molar-refractivity contribution in [1.29, 1.82) is 0 Å². The summed E-state index contributed by atoms with van der Waals surface area (Å²) in [6.07, 6.45) is -0.779. The van der Waals surface area contributed by atoms with Gasteiger partial charge in [0.05, 0.1) is 12.2 Å². The third-order valence-corrected chi connectivity index (χ3v) is 2.32. The van der Waals surface area contributed by atoms with Crippen LogP contribution in [-0.2, 0) is 9.47 Å². The minimum absolute atomic E-state index is 0.0865. The van der Waals surface area contributed by atoms with Crippen LogP contribution >= 0.6 is 0 Å². The summed E-state index contributed by atoms with van der Waals surface area (Å²) < 4.78 is 10.8. The molecule has 0 spiro atoms. The predicted octanol–water partition coefficient (Wildman–Crippen LogP) is 1.15. The molecule has 0 bridgehead atoms. The molecule has 72 valence electrons. The largest absolute Gasteiger partial charge is 0.388 e. The van der Waals surface area contributed by atoms with Gasteiger partial charge in [-0.2, -0.15) is 0 Å². The van der Waals surface area contributed by atoms with Gasteiger partial charge in [0.25, 0.3) is 0 Å². The van der Waals surface area contributed by atoms with Crippen molar-refractivity contribution in [3.05, 3.63) is 0 Å². The van der Waals surface area contributed by atoms with Crippen molar-refractivity contribution in [1.82, 2.24) is 0 Å². The van der Waals surface area contributed by atoms with Gasteiger partial charge >= 0.3 is 0 Å². The molecule has 0 aromatic heterocycles. The number of aliphatic hydroxyl groups excluding tert-OH is 1. The van der Waals surface area contributed by atoms with Crippen molar-refractivity contribution >= 4 is 0 Å². The number of ether oxygens (including phenoxy) is 2. The molecule has 0 aromatic carbocycles. The van der Waals surface area contributed by atoms with Gasteiger partial charge in [-0.15, -0.1) is 0 Å². The standard InChI is InChI=1S/C9H18O3/c1-5(2)8(10)9-11-6(3)7(4)12-9/h5-10H,1-4H3. The van der Waals surface area contributed by atoms with E-state index in [4.69, 9.17) is 9.47 Å². The van der Waals surface area contributed by atoms with Crippen LogP contribution in [0.25, 0.3) is 0 Å². The van der Waals surface area contributed by atoms with Crippen LogP contribution in [-0.4, -0.2) is 29.7 Å². The van der Waals surface area contributed by atoms with Gasteiger partial charge in [-0.05, 0) is 19.8 Å². The van der Waals surface area contributed by atoms with Gasteiger partial charge < -0.3 is 14.6 Å². The molecule has 1 aliphatic rings. The van der Waals surface area contributed by atoms with Gasteiger partial charge in [-0.1, -0.05) is 13.8 Å². The lowest BCUT2D eigenvalue weighted by Gasteiger charge is -2.20. The first-order chi connectivity index (χ1) is 5.52. The van der Waals surface area contributed by atoms with Crippen LogP contribution in [0.4, 0.5) is 0 Å². The predicted molar refractivity (Wildman–Crippen MR) is 45.7 cm³/mol. The zero-order chi connectivity index (χ0) is 9.30. The molecule has 0 saturated carbocycles. The van der Waals surface area contributed by atoms with E-state index >= 15 is 0 Å². The van der Waals surface area contributed by atoms with Gasteiger partial charge in [0.2, 0.25) is 0 Å². The van der Waals surface area contributed by atoms with Crippen molar-refractivity contribution < 1.29 is 14.6 Å². The van der Waals surface area contributed by atoms with E-state index in [1.165, 1.54) is 0 Å². The fourth-order valence-electron chi connectivity index (χ4n) is 1.15. The van der Waals surface area contributed by atoms with Crippen molar-refractivity contribution in [3.63, 3.8) is 0 Å². The summed E-state index contributed by atoms with van der Waals surface area (Å²) in [7, 11) is 0. The Morgan fingerprint density at radius 1 is 1.08 bits per heavy atom. The van der Waals surface area contributed by atoms with Crippen molar-refractivity contribution in [2.24, 2.45) is 5.92 Å². The Morgan fingerprint density at radius 3 is 1.83 bits per heavy atom. The summed E-state index contributed by atoms with van der Waals surface area (Å²) in [5.41, 5.74) is 0. The Labute approximate surface area is 73.7 Å². The molecule has 1 saturated heterocycles. The monoisotopic (exact) mass is 174 g/mol. The zero-order valence-corrected chi connectivity index (χ0v) is 8.15. The molecule has 3 atom stereocenters. The summed E-state index contributed by atoms with van der Waals surface area (Å²) in [4.78, 5) is 0. The summed E-state index contributed by atoms with van der Waals surface area (Å²) >= 11 is 0. The average molecular weight is 174 g/mol. The molecule has 1 heterocycles. The first kappa shape index (κ1) is 9.96. The molecular formula is C9H18O3. The van der Waals surface area contributed by atoms with Crippen molar-refractivity contribution in [3.8, 4) is 0 Å². The lowest BCUT2D eigenvalue weighted by Crippen LogP contribution is -2.32. The second-order valence-electron chi connectivity index (χ2n) is 3.79. The van der Waals surface area contributed by atoms with E-state index in [9.17, 15) is 5.11 Å². The van der Waals surface area contributed by atoms with Gasteiger partial charge in [-0.25, -0.2) is 0 Å². The maximum atomic E-state index is 9.61. The summed E-state index contributed by atoms with van der Waals surface area (Å²) in [5, 5.41) is 9.61. The second-order valence-corrected chi connectivity index (χ2v) is 3.79. The molecule has 0 aromatic rings. The molecule has 1 fully saturated rings. The maximum absolute atomic E-state index is 9.61. The SMILES string of the molecule is CC(C)C(O)C1OC(C)C(C)O1. The molecule has 3 unspecified atom stereocenters. The van der Waals surface area contributed by atoms with Crippen LogP contribution in [0.3, 0.4) is 0 Å². The van der Waals surface area contributed by atoms with E-state index in [0.717, 1.165) is 0 Å². The minimum atomic E-state index is -0.516. The van der Waals surface area contributed by atoms with Gasteiger partial charge in [0.15, 0.2) is 6.29 Å². The third-order valence-electron chi connectivity index (χ3n) is 2.32. The first-order valence-corrected chi connectivity index (χ1v) is 4.51. The zero-order valence-electron chi connectivity index (χ0n) is 8.15. The van der Waals surface area contributed by atoms with E-state index in [-0.39, 0.29) is 18.1 Å². The van der Waals surface area contributed by atoms with Crippen LogP contribution in [0.15, 0.2) is 0 Å². The van der Waals surface area contributed by atoms with E-state index in [1.54, 1.807) is 0 Å². The highest BCUT2D eigenvalue weighted by Gasteiger charge is 2.35. The molecule has 0 radical (unpaired) electrons. The smallest absolute Gasteiger partial charge is 0.184 e. The Kier molecular flexibility index (Phi) is 3.09. The molecular weight excluding hydrogens is 156 g/mol. The fraction of sp³-hybridized carbons (Fsp3) is 1.00. The van der Waals surface area contributed by atoms with Crippen LogP contribution in [0.5, 0.6) is 0 Å². The van der Waals surface area contributed by atoms with Crippen molar-refractivity contribution in [2.45, 2.75) is 52.3 Å². The highest BCUT2D eigenvalue weighted by molar-refractivity contribution is 4.75. The highest BCUT2D eigenvalue weighted by atomic mass is 16.7. The molecule has 0 aliphatic carbocycles. The van der Waals surface area contributed by atoms with Crippen LogP contribution in [0, 0.1) is 5.92 Å². The fourth-order valence-corrected chi connectivity index (χ4v) is 1.15. The Hall–Kier alpha value is -0.120. The van der Waals surface area contributed by atoms with E-state index < -0.39 is 12.4 Å². The van der Waals surface area contributed by atoms with E-state index in [1.807, 2.05) is 27.7 Å². The molecule has 1 aliphatic heterocycles. The Bertz CT molecular complexity index is 137. The topological polar surface area (TPSA) is 38.7 Å². The molecule has 1 rings (SSSR count). The molecule has 12 heavy (non-hydrogen) atoms. The Morgan fingerprint density at radius 2 is 1.50 bits per heavy atom. The number of rotatable bonds is 2. The van der Waals surface area contributed by atoms with Gasteiger partial charge in [0.1, 0.15) is 6.10 Å². The van der Waals surface area contributed by atoms with E-state index in [2.05, 4.69) is 0 Å². The normalized spacial score (nSPS) is 39.0. The van der Waals surface area contributed by atoms with Gasteiger partial charge in [0, 0.05) is 0 Å². The molecule has 0 amide bonds. The first-order valence-electron chi connectivity index (χ1n) is 4.51. The summed E-state index contributed by atoms with van der Waals surface area (Å²) in [5.74, 6) is 0.174. The highest BCUT2D eigenvalue weighted by Crippen LogP contribution is 2.23. The number of hydrogen-bond acceptors (Lipinski definition) is 3. The lowest BCUT2D eigenvalue weighted by molar-refractivity contribution is -0.147. The quantitative estimate of drug-likeness (QED) is 0.682. The average Bonchev–Trinajstić information content (AvgIpc) is 2.30. The molecule has 3 nitrogen and oxygen atoms in total. The van der Waals surface area contributed by atoms with Crippen LogP contribution in [0.2, 0.25) is 0 Å². The maximum Gasteiger partial charge on any atom is 0.184 e. The van der Waals surface area contributed by atoms with Gasteiger partial charge in [-0.3, -0.25) is 0 Å². The Balaban J connectivity index is 2.45.